The lowest BCUT2D eigenvalue weighted by molar-refractivity contribution is -0.118. The Morgan fingerprint density at radius 3 is 2.33 bits per heavy atom. The number of benzene rings is 2. The van der Waals surface area contributed by atoms with Crippen molar-refractivity contribution in [2.75, 3.05) is 12.4 Å². The average Bonchev–Trinajstić information content (AvgIpc) is 3.15. The maximum atomic E-state index is 12.9. The summed E-state index contributed by atoms with van der Waals surface area (Å²) < 4.78 is 10.8. The van der Waals surface area contributed by atoms with Crippen molar-refractivity contribution < 1.29 is 18.7 Å². The second kappa shape index (κ2) is 8.98. The molecule has 1 unspecified atom stereocenters. The smallest absolute Gasteiger partial charge is 0.251 e. The van der Waals surface area contributed by atoms with Crippen LogP contribution >= 0.6 is 0 Å². The fourth-order valence-corrected chi connectivity index (χ4v) is 2.99. The van der Waals surface area contributed by atoms with E-state index in [2.05, 4.69) is 15.6 Å². The van der Waals surface area contributed by atoms with Gasteiger partial charge < -0.3 is 19.8 Å². The SMILES string of the molecule is COc1ccc(C(=O)NC(C(=O)Nc2ccc3oc(C(C)C)nc3c2)C(C)C)cc1. The van der Waals surface area contributed by atoms with Crippen LogP contribution in [0.5, 0.6) is 5.75 Å². The molecular weight excluding hydrogens is 382 g/mol. The molecule has 0 saturated carbocycles. The number of rotatable bonds is 7. The lowest BCUT2D eigenvalue weighted by Gasteiger charge is -2.22. The first kappa shape index (κ1) is 21.4. The Morgan fingerprint density at radius 1 is 1.03 bits per heavy atom. The Morgan fingerprint density at radius 2 is 1.73 bits per heavy atom. The number of amides is 2. The number of aromatic nitrogens is 1. The fraction of sp³-hybridized carbons (Fsp3) is 0.348. The molecule has 1 atom stereocenters. The first-order valence-electron chi connectivity index (χ1n) is 9.94. The summed E-state index contributed by atoms with van der Waals surface area (Å²) in [6.07, 6.45) is 0. The molecule has 0 aliphatic carbocycles. The summed E-state index contributed by atoms with van der Waals surface area (Å²) in [6, 6.07) is 11.4. The van der Waals surface area contributed by atoms with Crippen molar-refractivity contribution in [2.45, 2.75) is 39.7 Å². The molecule has 1 aromatic heterocycles. The van der Waals surface area contributed by atoms with Crippen LogP contribution in [0.4, 0.5) is 5.69 Å². The van der Waals surface area contributed by atoms with Gasteiger partial charge in [-0.1, -0.05) is 27.7 Å². The molecular formula is C23H27N3O4. The maximum Gasteiger partial charge on any atom is 0.251 e. The van der Waals surface area contributed by atoms with Crippen LogP contribution in [0, 0.1) is 5.92 Å². The highest BCUT2D eigenvalue weighted by Crippen LogP contribution is 2.24. The minimum atomic E-state index is -0.696. The standard InChI is InChI=1S/C23H27N3O4/c1-13(2)20(26-21(27)15-6-9-17(29-5)10-7-15)22(28)24-16-8-11-19-18(12-16)25-23(30-19)14(3)4/h6-14,20H,1-5H3,(H,24,28)(H,26,27). The fourth-order valence-electron chi connectivity index (χ4n) is 2.99. The molecule has 0 radical (unpaired) electrons. The molecule has 3 aromatic rings. The zero-order valence-electron chi connectivity index (χ0n) is 17.9. The van der Waals surface area contributed by atoms with E-state index >= 15 is 0 Å². The van der Waals surface area contributed by atoms with Crippen LogP contribution in [0.2, 0.25) is 0 Å². The number of nitrogens with zero attached hydrogens (tertiary/aromatic N) is 1. The molecule has 2 amide bonds. The zero-order chi connectivity index (χ0) is 21.8. The van der Waals surface area contributed by atoms with Gasteiger partial charge in [-0.15, -0.1) is 0 Å². The molecule has 3 rings (SSSR count). The molecule has 0 bridgehead atoms. The van der Waals surface area contributed by atoms with Crippen molar-refractivity contribution in [1.29, 1.82) is 0 Å². The third kappa shape index (κ3) is 4.79. The Labute approximate surface area is 175 Å². The Kier molecular flexibility index (Phi) is 6.40. The highest BCUT2D eigenvalue weighted by molar-refractivity contribution is 6.01. The first-order chi connectivity index (χ1) is 14.3. The van der Waals surface area contributed by atoms with E-state index in [1.54, 1.807) is 49.6 Å². The predicted molar refractivity (Wildman–Crippen MR) is 116 cm³/mol. The number of hydrogen-bond acceptors (Lipinski definition) is 5. The van der Waals surface area contributed by atoms with Crippen molar-refractivity contribution in [3.8, 4) is 5.75 Å². The summed E-state index contributed by atoms with van der Waals surface area (Å²) in [6.45, 7) is 7.78. The number of ether oxygens (including phenoxy) is 1. The minimum absolute atomic E-state index is 0.101. The number of oxazole rings is 1. The number of carbonyl (C=O) groups is 2. The van der Waals surface area contributed by atoms with Gasteiger partial charge in [0.1, 0.15) is 17.3 Å². The monoisotopic (exact) mass is 409 g/mol. The van der Waals surface area contributed by atoms with Gasteiger partial charge in [0.25, 0.3) is 5.91 Å². The number of hydrogen-bond donors (Lipinski definition) is 2. The Balaban J connectivity index is 1.73. The highest BCUT2D eigenvalue weighted by atomic mass is 16.5. The Bertz CT molecular complexity index is 1040. The van der Waals surface area contributed by atoms with Crippen LogP contribution < -0.4 is 15.4 Å². The molecule has 0 aliphatic heterocycles. The molecule has 2 aromatic carbocycles. The zero-order valence-corrected chi connectivity index (χ0v) is 17.9. The van der Waals surface area contributed by atoms with E-state index in [4.69, 9.17) is 9.15 Å². The molecule has 30 heavy (non-hydrogen) atoms. The van der Waals surface area contributed by atoms with Gasteiger partial charge in [0, 0.05) is 17.2 Å². The molecule has 0 saturated heterocycles. The lowest BCUT2D eigenvalue weighted by Crippen LogP contribution is -2.47. The van der Waals surface area contributed by atoms with Crippen molar-refractivity contribution in [3.63, 3.8) is 0 Å². The van der Waals surface area contributed by atoms with E-state index in [1.165, 1.54) is 0 Å². The number of anilines is 1. The van der Waals surface area contributed by atoms with Gasteiger partial charge in [0.15, 0.2) is 11.5 Å². The lowest BCUT2D eigenvalue weighted by atomic mass is 10.0. The van der Waals surface area contributed by atoms with E-state index in [1.807, 2.05) is 27.7 Å². The molecule has 1 heterocycles. The van der Waals surface area contributed by atoms with E-state index in [9.17, 15) is 9.59 Å². The van der Waals surface area contributed by atoms with E-state index in [0.29, 0.717) is 34.0 Å². The highest BCUT2D eigenvalue weighted by Gasteiger charge is 2.25. The first-order valence-corrected chi connectivity index (χ1v) is 9.94. The number of carbonyl (C=O) groups excluding carboxylic acids is 2. The number of nitrogens with one attached hydrogen (secondary N) is 2. The summed E-state index contributed by atoms with van der Waals surface area (Å²) >= 11 is 0. The number of fused-ring (bicyclic) bond motifs is 1. The molecule has 7 nitrogen and oxygen atoms in total. The molecule has 0 aliphatic rings. The normalized spacial score (nSPS) is 12.2. The van der Waals surface area contributed by atoms with Gasteiger partial charge >= 0.3 is 0 Å². The van der Waals surface area contributed by atoms with Gasteiger partial charge in [-0.05, 0) is 48.4 Å². The van der Waals surface area contributed by atoms with E-state index in [0.717, 1.165) is 0 Å². The van der Waals surface area contributed by atoms with Crippen LogP contribution in [0.25, 0.3) is 11.1 Å². The summed E-state index contributed by atoms with van der Waals surface area (Å²) in [4.78, 5) is 29.9. The third-order valence-corrected chi connectivity index (χ3v) is 4.75. The summed E-state index contributed by atoms with van der Waals surface area (Å²) in [7, 11) is 1.56. The molecule has 0 fully saturated rings. The number of methoxy groups -OCH3 is 1. The van der Waals surface area contributed by atoms with Crippen LogP contribution in [0.1, 0.15) is 49.9 Å². The Hall–Kier alpha value is -3.35. The van der Waals surface area contributed by atoms with Gasteiger partial charge in [-0.25, -0.2) is 4.98 Å². The quantitative estimate of drug-likeness (QED) is 0.605. The second-order valence-corrected chi connectivity index (χ2v) is 7.80. The van der Waals surface area contributed by atoms with Gasteiger partial charge in [-0.3, -0.25) is 9.59 Å². The molecule has 7 heteroatoms. The maximum absolute atomic E-state index is 12.9. The van der Waals surface area contributed by atoms with E-state index < -0.39 is 6.04 Å². The molecule has 2 N–H and O–H groups in total. The summed E-state index contributed by atoms with van der Waals surface area (Å²) in [5.74, 6) is 0.775. The van der Waals surface area contributed by atoms with Crippen LogP contribution in [0.15, 0.2) is 46.9 Å². The summed E-state index contributed by atoms with van der Waals surface area (Å²) in [5.41, 5.74) is 2.41. The summed E-state index contributed by atoms with van der Waals surface area (Å²) in [5, 5.41) is 5.69. The topological polar surface area (TPSA) is 93.5 Å². The van der Waals surface area contributed by atoms with Gasteiger partial charge in [0.05, 0.1) is 7.11 Å². The second-order valence-electron chi connectivity index (χ2n) is 7.80. The van der Waals surface area contributed by atoms with Crippen LogP contribution in [0.3, 0.4) is 0 Å². The largest absolute Gasteiger partial charge is 0.497 e. The predicted octanol–water partition coefficient (Wildman–Crippen LogP) is 4.35. The van der Waals surface area contributed by atoms with Crippen LogP contribution in [-0.2, 0) is 4.79 Å². The van der Waals surface area contributed by atoms with E-state index in [-0.39, 0.29) is 23.7 Å². The average molecular weight is 409 g/mol. The molecule has 158 valence electrons. The van der Waals surface area contributed by atoms with Crippen molar-refractivity contribution in [3.05, 3.63) is 53.9 Å². The van der Waals surface area contributed by atoms with Gasteiger partial charge in [-0.2, -0.15) is 0 Å². The minimum Gasteiger partial charge on any atom is -0.497 e. The van der Waals surface area contributed by atoms with Crippen molar-refractivity contribution in [2.24, 2.45) is 5.92 Å². The van der Waals surface area contributed by atoms with Crippen molar-refractivity contribution in [1.82, 2.24) is 10.3 Å². The third-order valence-electron chi connectivity index (χ3n) is 4.75. The van der Waals surface area contributed by atoms with Gasteiger partial charge in [0.2, 0.25) is 5.91 Å². The molecule has 0 spiro atoms. The van der Waals surface area contributed by atoms with Crippen LogP contribution in [-0.4, -0.2) is 29.9 Å². The van der Waals surface area contributed by atoms with Crippen molar-refractivity contribution >= 4 is 28.6 Å².